The molecule has 34 heavy (non-hydrogen) atoms. The molecule has 4 rings (SSSR count). The van der Waals surface area contributed by atoms with Crippen molar-refractivity contribution in [2.24, 2.45) is 0 Å². The van der Waals surface area contributed by atoms with E-state index in [2.05, 4.69) is 5.32 Å². The summed E-state index contributed by atoms with van der Waals surface area (Å²) >= 11 is 0. The monoisotopic (exact) mass is 458 g/mol. The highest BCUT2D eigenvalue weighted by atomic mass is 16.5. The maximum absolute atomic E-state index is 13.8. The average molecular weight is 459 g/mol. The lowest BCUT2D eigenvalue weighted by Crippen LogP contribution is -2.33. The Labute approximate surface area is 198 Å². The molecule has 0 unspecified atom stereocenters. The van der Waals surface area contributed by atoms with Gasteiger partial charge in [0.25, 0.3) is 11.8 Å². The predicted octanol–water partition coefficient (Wildman–Crippen LogP) is 4.73. The van der Waals surface area contributed by atoms with Crippen molar-refractivity contribution in [2.45, 2.75) is 13.8 Å². The lowest BCUT2D eigenvalue weighted by Gasteiger charge is -2.19. The molecule has 0 radical (unpaired) electrons. The molecule has 174 valence electrons. The molecule has 0 fully saturated rings. The molecule has 3 aromatic rings. The minimum Gasteiger partial charge on any atom is -0.497 e. The van der Waals surface area contributed by atoms with Crippen LogP contribution in [0.5, 0.6) is 17.2 Å². The quantitative estimate of drug-likeness (QED) is 0.516. The summed E-state index contributed by atoms with van der Waals surface area (Å²) in [6.45, 7) is 3.84. The second-order valence-corrected chi connectivity index (χ2v) is 7.81. The van der Waals surface area contributed by atoms with Gasteiger partial charge in [-0.25, -0.2) is 4.90 Å². The van der Waals surface area contributed by atoms with E-state index in [0.29, 0.717) is 34.2 Å². The fraction of sp³-hybridized carbons (Fsp3) is 0.185. The first-order valence-corrected chi connectivity index (χ1v) is 10.7. The van der Waals surface area contributed by atoms with Crippen LogP contribution in [0.25, 0.3) is 5.57 Å². The van der Waals surface area contributed by atoms with Gasteiger partial charge in [0.2, 0.25) is 0 Å². The third kappa shape index (κ3) is 3.85. The predicted molar refractivity (Wildman–Crippen MR) is 131 cm³/mol. The van der Waals surface area contributed by atoms with Crippen molar-refractivity contribution in [3.8, 4) is 17.2 Å². The molecule has 0 bridgehead atoms. The Balaban J connectivity index is 1.92. The lowest BCUT2D eigenvalue weighted by atomic mass is 10.0. The van der Waals surface area contributed by atoms with Crippen LogP contribution in [0.4, 0.5) is 11.4 Å². The van der Waals surface area contributed by atoms with Crippen LogP contribution in [0.3, 0.4) is 0 Å². The van der Waals surface area contributed by atoms with Crippen molar-refractivity contribution < 1.29 is 23.8 Å². The third-order valence-electron chi connectivity index (χ3n) is 5.94. The summed E-state index contributed by atoms with van der Waals surface area (Å²) in [4.78, 5) is 28.8. The summed E-state index contributed by atoms with van der Waals surface area (Å²) in [5, 5.41) is 3.16. The highest BCUT2D eigenvalue weighted by molar-refractivity contribution is 6.46. The van der Waals surface area contributed by atoms with E-state index >= 15 is 0 Å². The number of anilines is 2. The van der Waals surface area contributed by atoms with Crippen molar-refractivity contribution in [3.05, 3.63) is 83.1 Å². The number of carbonyl (C=O) groups is 2. The van der Waals surface area contributed by atoms with Gasteiger partial charge in [-0.1, -0.05) is 30.3 Å². The number of amides is 2. The van der Waals surface area contributed by atoms with Crippen LogP contribution in [0.2, 0.25) is 0 Å². The third-order valence-corrected chi connectivity index (χ3v) is 5.94. The van der Waals surface area contributed by atoms with Gasteiger partial charge in [0.15, 0.2) is 0 Å². The molecule has 1 aliphatic heterocycles. The molecule has 3 aromatic carbocycles. The Morgan fingerprint density at radius 2 is 1.50 bits per heavy atom. The zero-order valence-corrected chi connectivity index (χ0v) is 19.8. The van der Waals surface area contributed by atoms with Crippen LogP contribution in [0.15, 0.2) is 66.4 Å². The number of para-hydroxylation sites is 1. The standard InChI is InChI=1S/C27H26N2O5/c1-16-9-8-11-21(17(16)2)29-26(30)24(19-10-6-7-12-22(19)33-4)25(27(29)31)28-20-15-18(32-3)13-14-23(20)34-5/h6-15,28H,1-5H3. The Morgan fingerprint density at radius 3 is 2.21 bits per heavy atom. The molecular formula is C27H26N2O5. The van der Waals surface area contributed by atoms with Gasteiger partial charge in [0.1, 0.15) is 22.9 Å². The Kier molecular flexibility index (Phi) is 6.27. The van der Waals surface area contributed by atoms with E-state index < -0.39 is 11.8 Å². The molecule has 0 aromatic heterocycles. The zero-order valence-electron chi connectivity index (χ0n) is 19.8. The van der Waals surface area contributed by atoms with E-state index in [1.807, 2.05) is 32.0 Å². The van der Waals surface area contributed by atoms with Crippen LogP contribution < -0.4 is 24.4 Å². The van der Waals surface area contributed by atoms with E-state index in [4.69, 9.17) is 14.2 Å². The minimum atomic E-state index is -0.468. The molecule has 7 nitrogen and oxygen atoms in total. The molecule has 0 saturated carbocycles. The van der Waals surface area contributed by atoms with Gasteiger partial charge < -0.3 is 19.5 Å². The minimum absolute atomic E-state index is 0.127. The van der Waals surface area contributed by atoms with Gasteiger partial charge in [0.05, 0.1) is 38.3 Å². The molecular weight excluding hydrogens is 432 g/mol. The summed E-state index contributed by atoms with van der Waals surface area (Å²) in [7, 11) is 4.62. The summed E-state index contributed by atoms with van der Waals surface area (Å²) in [5.74, 6) is 0.652. The molecule has 0 spiro atoms. The number of imide groups is 1. The number of nitrogens with one attached hydrogen (secondary N) is 1. The van der Waals surface area contributed by atoms with Gasteiger partial charge in [-0.05, 0) is 49.2 Å². The maximum atomic E-state index is 13.8. The maximum Gasteiger partial charge on any atom is 0.282 e. The Bertz CT molecular complexity index is 1310. The topological polar surface area (TPSA) is 77.1 Å². The normalized spacial score (nSPS) is 13.4. The van der Waals surface area contributed by atoms with Gasteiger partial charge in [-0.3, -0.25) is 9.59 Å². The highest BCUT2D eigenvalue weighted by Gasteiger charge is 2.42. The zero-order chi connectivity index (χ0) is 24.4. The first-order chi connectivity index (χ1) is 16.4. The van der Waals surface area contributed by atoms with Crippen molar-refractivity contribution in [1.29, 1.82) is 0 Å². The number of ether oxygens (including phenoxy) is 3. The van der Waals surface area contributed by atoms with Crippen molar-refractivity contribution >= 4 is 28.8 Å². The van der Waals surface area contributed by atoms with E-state index in [9.17, 15) is 9.59 Å². The number of carbonyl (C=O) groups excluding carboxylic acids is 2. The Hall–Kier alpha value is -4.26. The Morgan fingerprint density at radius 1 is 0.765 bits per heavy atom. The summed E-state index contributed by atoms with van der Waals surface area (Å²) in [5.41, 5.74) is 3.72. The van der Waals surface area contributed by atoms with Gasteiger partial charge >= 0.3 is 0 Å². The first kappa shape index (κ1) is 22.9. The van der Waals surface area contributed by atoms with E-state index in [1.165, 1.54) is 19.1 Å². The summed E-state index contributed by atoms with van der Waals surface area (Å²) in [6, 6.07) is 17.9. The molecule has 0 saturated heterocycles. The number of rotatable bonds is 7. The van der Waals surface area contributed by atoms with Crippen molar-refractivity contribution in [2.75, 3.05) is 31.5 Å². The molecule has 2 amide bonds. The average Bonchev–Trinajstić information content (AvgIpc) is 3.09. The second-order valence-electron chi connectivity index (χ2n) is 7.81. The van der Waals surface area contributed by atoms with E-state index in [-0.39, 0.29) is 11.3 Å². The SMILES string of the molecule is COc1ccc(OC)c(NC2=C(c3ccccc3OC)C(=O)N(c3cccc(C)c3C)C2=O)c1. The van der Waals surface area contributed by atoms with Gasteiger partial charge in [0, 0.05) is 11.6 Å². The van der Waals surface area contributed by atoms with Crippen LogP contribution in [0.1, 0.15) is 16.7 Å². The molecule has 0 atom stereocenters. The molecule has 1 N–H and O–H groups in total. The van der Waals surface area contributed by atoms with Crippen LogP contribution >= 0.6 is 0 Å². The van der Waals surface area contributed by atoms with Crippen LogP contribution in [-0.2, 0) is 9.59 Å². The second kappa shape index (κ2) is 9.31. The number of hydrogen-bond acceptors (Lipinski definition) is 6. The number of methoxy groups -OCH3 is 3. The fourth-order valence-corrected chi connectivity index (χ4v) is 3.99. The number of hydrogen-bond donors (Lipinski definition) is 1. The van der Waals surface area contributed by atoms with Crippen molar-refractivity contribution in [1.82, 2.24) is 0 Å². The van der Waals surface area contributed by atoms with Crippen molar-refractivity contribution in [3.63, 3.8) is 0 Å². The number of nitrogens with zero attached hydrogens (tertiary/aromatic N) is 1. The molecule has 0 aliphatic carbocycles. The number of benzene rings is 3. The first-order valence-electron chi connectivity index (χ1n) is 10.7. The van der Waals surface area contributed by atoms with E-state index in [1.54, 1.807) is 49.6 Å². The smallest absolute Gasteiger partial charge is 0.282 e. The molecule has 7 heteroatoms. The summed E-state index contributed by atoms with van der Waals surface area (Å²) in [6.07, 6.45) is 0. The fourth-order valence-electron chi connectivity index (χ4n) is 3.99. The largest absolute Gasteiger partial charge is 0.497 e. The van der Waals surface area contributed by atoms with Gasteiger partial charge in [-0.15, -0.1) is 0 Å². The van der Waals surface area contributed by atoms with Gasteiger partial charge in [-0.2, -0.15) is 0 Å². The summed E-state index contributed by atoms with van der Waals surface area (Å²) < 4.78 is 16.3. The molecule has 1 heterocycles. The van der Waals surface area contributed by atoms with Crippen LogP contribution in [0, 0.1) is 13.8 Å². The van der Waals surface area contributed by atoms with Crippen LogP contribution in [-0.4, -0.2) is 33.1 Å². The molecule has 1 aliphatic rings. The van der Waals surface area contributed by atoms with E-state index in [0.717, 1.165) is 11.1 Å². The number of aryl methyl sites for hydroxylation is 1. The lowest BCUT2D eigenvalue weighted by molar-refractivity contribution is -0.120. The highest BCUT2D eigenvalue weighted by Crippen LogP contribution is 2.40.